The summed E-state index contributed by atoms with van der Waals surface area (Å²) in [5, 5.41) is 2.61. The van der Waals surface area contributed by atoms with E-state index in [0.717, 1.165) is 12.0 Å². The zero-order valence-corrected chi connectivity index (χ0v) is 17.1. The predicted molar refractivity (Wildman–Crippen MR) is 108 cm³/mol. The van der Waals surface area contributed by atoms with Gasteiger partial charge in [0.05, 0.1) is 0 Å². The number of nitrogens with one attached hydrogen (secondary N) is 1. The number of pyridine rings is 1. The van der Waals surface area contributed by atoms with E-state index in [4.69, 9.17) is 19.9 Å². The van der Waals surface area contributed by atoms with Crippen LogP contribution >= 0.6 is 0 Å². The lowest BCUT2D eigenvalue weighted by Crippen LogP contribution is -2.29. The number of anilines is 1. The lowest BCUT2D eigenvalue weighted by atomic mass is 9.98. The van der Waals surface area contributed by atoms with E-state index < -0.39 is 6.61 Å². The Morgan fingerprint density at radius 2 is 2.10 bits per heavy atom. The first-order chi connectivity index (χ1) is 14.2. The average Bonchev–Trinajstić information content (AvgIpc) is 2.65. The summed E-state index contributed by atoms with van der Waals surface area (Å²) in [5.41, 5.74) is 8.05. The number of hydrogen-bond donors (Lipinski definition) is 2. The summed E-state index contributed by atoms with van der Waals surface area (Å²) < 4.78 is 42.4. The number of rotatable bonds is 8. The fraction of sp³-hybridized carbons (Fsp3) is 0.429. The summed E-state index contributed by atoms with van der Waals surface area (Å²) in [5.74, 6) is 0.576. The van der Waals surface area contributed by atoms with Gasteiger partial charge in [-0.1, -0.05) is 13.8 Å². The lowest BCUT2D eigenvalue weighted by molar-refractivity contribution is -0.114. The van der Waals surface area contributed by atoms with Gasteiger partial charge in [-0.05, 0) is 36.1 Å². The smallest absolute Gasteiger partial charge is 0.387 e. The molecule has 0 saturated carbocycles. The van der Waals surface area contributed by atoms with Crippen molar-refractivity contribution in [2.75, 3.05) is 11.9 Å². The number of benzene rings is 1. The summed E-state index contributed by atoms with van der Waals surface area (Å²) in [4.78, 5) is 15.5. The van der Waals surface area contributed by atoms with Gasteiger partial charge in [-0.3, -0.25) is 4.79 Å². The van der Waals surface area contributed by atoms with Crippen LogP contribution in [0.5, 0.6) is 17.2 Å². The highest BCUT2D eigenvalue weighted by atomic mass is 19.3. The maximum atomic E-state index is 13.1. The molecule has 0 fully saturated rings. The number of fused-ring (bicyclic) bond motifs is 3. The molecule has 0 aliphatic carbocycles. The highest BCUT2D eigenvalue weighted by Gasteiger charge is 2.27. The van der Waals surface area contributed by atoms with Gasteiger partial charge in [0.1, 0.15) is 19.0 Å². The monoisotopic (exact) mass is 421 g/mol. The van der Waals surface area contributed by atoms with Crippen LogP contribution in [0.25, 0.3) is 11.1 Å². The number of nitrogens with two attached hydrogens (primary N) is 1. The number of amides is 1. The van der Waals surface area contributed by atoms with Gasteiger partial charge in [0.15, 0.2) is 11.5 Å². The van der Waals surface area contributed by atoms with Gasteiger partial charge < -0.3 is 25.3 Å². The molecule has 1 aromatic carbocycles. The van der Waals surface area contributed by atoms with Crippen molar-refractivity contribution in [3.8, 4) is 28.4 Å². The Morgan fingerprint density at radius 1 is 1.33 bits per heavy atom. The van der Waals surface area contributed by atoms with E-state index in [-0.39, 0.29) is 42.4 Å². The van der Waals surface area contributed by atoms with Gasteiger partial charge in [-0.25, -0.2) is 4.98 Å². The van der Waals surface area contributed by atoms with E-state index in [1.54, 1.807) is 24.4 Å². The average molecular weight is 421 g/mol. The summed E-state index contributed by atoms with van der Waals surface area (Å²) in [6, 6.07) is 4.68. The number of alkyl halides is 2. The first kappa shape index (κ1) is 21.8. The summed E-state index contributed by atoms with van der Waals surface area (Å²) in [6.45, 7) is 2.68. The zero-order chi connectivity index (χ0) is 21.8. The molecule has 0 saturated heterocycles. The third kappa shape index (κ3) is 5.15. The maximum Gasteiger partial charge on any atom is 0.387 e. The van der Waals surface area contributed by atoms with Crippen LogP contribution in [0.4, 0.5) is 14.6 Å². The van der Waals surface area contributed by atoms with Crippen LogP contribution in [0.1, 0.15) is 32.8 Å². The third-order valence-electron chi connectivity index (χ3n) is 4.46. The van der Waals surface area contributed by atoms with Crippen molar-refractivity contribution in [3.63, 3.8) is 0 Å². The van der Waals surface area contributed by atoms with E-state index in [1.807, 2.05) is 13.8 Å². The van der Waals surface area contributed by atoms with Crippen LogP contribution in [0.3, 0.4) is 0 Å². The van der Waals surface area contributed by atoms with E-state index in [0.29, 0.717) is 22.9 Å². The fourth-order valence-electron chi connectivity index (χ4n) is 3.33. The molecule has 0 bridgehead atoms. The number of nitrogens with zero attached hydrogens (tertiary/aromatic N) is 1. The number of halogens is 2. The van der Waals surface area contributed by atoms with Gasteiger partial charge in [-0.2, -0.15) is 8.78 Å². The molecule has 3 rings (SSSR count). The van der Waals surface area contributed by atoms with E-state index in [9.17, 15) is 13.6 Å². The number of ether oxygens (including phenoxy) is 3. The largest absolute Gasteiger partial charge is 0.488 e. The second-order valence-electron chi connectivity index (χ2n) is 7.55. The highest BCUT2D eigenvalue weighted by Crippen LogP contribution is 2.49. The standard InChI is InChI=1S/C21H25F2N3O4/c1-11(2)6-14(24)10-28-17-5-4-15-16-7-18(26-12(3)27)25-8-13(16)9-29-19(15)20(17)30-21(22)23/h4-5,7-8,11,14,21H,6,9-10,24H2,1-3H3,(H,25,26,27)/t14-/m0/s1. The lowest BCUT2D eigenvalue weighted by Gasteiger charge is -2.25. The Kier molecular flexibility index (Phi) is 6.71. The Bertz CT molecular complexity index is 921. The predicted octanol–water partition coefficient (Wildman–Crippen LogP) is 3.95. The van der Waals surface area contributed by atoms with Crippen molar-refractivity contribution >= 4 is 11.7 Å². The molecule has 2 heterocycles. The molecule has 7 nitrogen and oxygen atoms in total. The minimum Gasteiger partial charge on any atom is -0.488 e. The normalized spacial score (nSPS) is 13.3. The Morgan fingerprint density at radius 3 is 2.77 bits per heavy atom. The molecule has 9 heteroatoms. The molecular weight excluding hydrogens is 396 g/mol. The molecule has 1 amide bonds. The van der Waals surface area contributed by atoms with Crippen LogP contribution in [-0.2, 0) is 11.4 Å². The molecule has 0 unspecified atom stereocenters. The fourth-order valence-corrected chi connectivity index (χ4v) is 3.33. The molecular formula is C21H25F2N3O4. The topological polar surface area (TPSA) is 95.7 Å². The Labute approximate surface area is 173 Å². The van der Waals surface area contributed by atoms with Crippen molar-refractivity contribution in [2.45, 2.75) is 46.5 Å². The van der Waals surface area contributed by atoms with Crippen LogP contribution in [-0.4, -0.2) is 30.2 Å². The third-order valence-corrected chi connectivity index (χ3v) is 4.46. The Balaban J connectivity index is 1.96. The minimum atomic E-state index is -3.06. The first-order valence-electron chi connectivity index (χ1n) is 9.64. The van der Waals surface area contributed by atoms with Crippen LogP contribution in [0, 0.1) is 5.92 Å². The summed E-state index contributed by atoms with van der Waals surface area (Å²) in [6.07, 6.45) is 2.31. The van der Waals surface area contributed by atoms with Crippen molar-refractivity contribution in [1.29, 1.82) is 0 Å². The van der Waals surface area contributed by atoms with Crippen LogP contribution in [0.2, 0.25) is 0 Å². The van der Waals surface area contributed by atoms with E-state index in [1.165, 1.54) is 6.92 Å². The minimum absolute atomic E-state index is 0.117. The molecule has 1 aliphatic heterocycles. The molecule has 1 aromatic heterocycles. The number of carbonyl (C=O) groups excluding carboxylic acids is 1. The van der Waals surface area contributed by atoms with Crippen molar-refractivity contribution < 1.29 is 27.8 Å². The highest BCUT2D eigenvalue weighted by molar-refractivity contribution is 5.89. The molecule has 1 aliphatic rings. The van der Waals surface area contributed by atoms with Gasteiger partial charge in [0.2, 0.25) is 11.7 Å². The molecule has 162 valence electrons. The summed E-state index contributed by atoms with van der Waals surface area (Å²) >= 11 is 0. The molecule has 3 N–H and O–H groups in total. The SMILES string of the molecule is CC(=O)Nc1cc2c(cn1)COc1c-2ccc(OC[C@@H](N)CC(C)C)c1OC(F)F. The maximum absolute atomic E-state index is 13.1. The number of hydrogen-bond acceptors (Lipinski definition) is 6. The first-order valence-corrected chi connectivity index (χ1v) is 9.64. The Hall–Kier alpha value is -2.94. The summed E-state index contributed by atoms with van der Waals surface area (Å²) in [7, 11) is 0. The van der Waals surface area contributed by atoms with Gasteiger partial charge in [-0.15, -0.1) is 0 Å². The molecule has 30 heavy (non-hydrogen) atoms. The zero-order valence-electron chi connectivity index (χ0n) is 17.1. The molecule has 0 radical (unpaired) electrons. The van der Waals surface area contributed by atoms with E-state index in [2.05, 4.69) is 10.3 Å². The van der Waals surface area contributed by atoms with Gasteiger partial charge >= 0.3 is 6.61 Å². The quantitative estimate of drug-likeness (QED) is 0.670. The van der Waals surface area contributed by atoms with Gasteiger partial charge in [0.25, 0.3) is 0 Å². The van der Waals surface area contributed by atoms with Crippen molar-refractivity contribution in [2.24, 2.45) is 11.7 Å². The number of aromatic nitrogens is 1. The molecule has 2 aromatic rings. The molecule has 0 spiro atoms. The number of carbonyl (C=O) groups is 1. The van der Waals surface area contributed by atoms with Crippen LogP contribution < -0.4 is 25.3 Å². The molecule has 1 atom stereocenters. The van der Waals surface area contributed by atoms with Crippen molar-refractivity contribution in [1.82, 2.24) is 4.98 Å². The van der Waals surface area contributed by atoms with E-state index >= 15 is 0 Å². The van der Waals surface area contributed by atoms with Crippen LogP contribution in [0.15, 0.2) is 24.4 Å². The second-order valence-corrected chi connectivity index (χ2v) is 7.55. The second kappa shape index (κ2) is 9.25. The van der Waals surface area contributed by atoms with Gasteiger partial charge in [0, 0.05) is 30.3 Å². The van der Waals surface area contributed by atoms with Crippen molar-refractivity contribution in [3.05, 3.63) is 30.0 Å².